The van der Waals surface area contributed by atoms with E-state index >= 15 is 0 Å². The summed E-state index contributed by atoms with van der Waals surface area (Å²) in [5.74, 6) is 1.52. The maximum absolute atomic E-state index is 13.4. The molecule has 4 aliphatic carbocycles. The van der Waals surface area contributed by atoms with Crippen molar-refractivity contribution in [2.24, 2.45) is 17.8 Å². The lowest BCUT2D eigenvalue weighted by Crippen LogP contribution is -2.68. The number of alkyl halides is 3. The average molecular weight is 445 g/mol. The summed E-state index contributed by atoms with van der Waals surface area (Å²) in [5.41, 5.74) is 7.17. The molecule has 0 aromatic carbocycles. The molecule has 32 heavy (non-hydrogen) atoms. The number of halogens is 3. The van der Waals surface area contributed by atoms with Gasteiger partial charge in [0.05, 0.1) is 30.5 Å². The smallest absolute Gasteiger partial charge is 0.383 e. The van der Waals surface area contributed by atoms with Crippen molar-refractivity contribution in [2.75, 3.05) is 25.5 Å². The summed E-state index contributed by atoms with van der Waals surface area (Å²) in [6.07, 6.45) is -0.657. The molecular formula is C23H26F3N5O. The van der Waals surface area contributed by atoms with Crippen LogP contribution in [0.1, 0.15) is 44.0 Å². The van der Waals surface area contributed by atoms with Crippen LogP contribution in [0.3, 0.4) is 0 Å². The van der Waals surface area contributed by atoms with Crippen LogP contribution in [-0.2, 0) is 16.3 Å². The minimum absolute atomic E-state index is 0.131. The lowest BCUT2D eigenvalue weighted by atomic mass is 9.79. The first kappa shape index (κ1) is 19.3. The third kappa shape index (κ3) is 2.10. The van der Waals surface area contributed by atoms with Crippen LogP contribution < -0.4 is 5.73 Å². The zero-order chi connectivity index (χ0) is 22.2. The van der Waals surface area contributed by atoms with Crippen LogP contribution in [0.4, 0.5) is 19.0 Å². The molecular weight excluding hydrogens is 419 g/mol. The van der Waals surface area contributed by atoms with Crippen molar-refractivity contribution >= 4 is 5.82 Å². The van der Waals surface area contributed by atoms with Gasteiger partial charge in [-0.25, -0.2) is 4.98 Å². The van der Waals surface area contributed by atoms with E-state index < -0.39 is 17.6 Å². The number of pyridine rings is 1. The first-order valence-electron chi connectivity index (χ1n) is 11.5. The van der Waals surface area contributed by atoms with Gasteiger partial charge in [-0.15, -0.1) is 0 Å². The molecule has 2 N–H and O–H groups in total. The SMILES string of the molecule is CC(C)n1nc(-c2cnc(N)c(C(F)(F)F)c2)cc1[C@@]12C3[C@H]1[C@H]2C[C@@]31CCN1C1COC1. The van der Waals surface area contributed by atoms with Gasteiger partial charge in [0.15, 0.2) is 0 Å². The Morgan fingerprint density at radius 3 is 2.59 bits per heavy atom. The Labute approximate surface area is 183 Å². The summed E-state index contributed by atoms with van der Waals surface area (Å²) < 4.78 is 47.6. The number of nitrogens with two attached hydrogens (primary N) is 1. The van der Waals surface area contributed by atoms with E-state index in [2.05, 4.69) is 23.7 Å². The number of nitrogen functional groups attached to an aromatic ring is 1. The van der Waals surface area contributed by atoms with Crippen molar-refractivity contribution in [2.45, 2.75) is 55.9 Å². The summed E-state index contributed by atoms with van der Waals surface area (Å²) in [6, 6.07) is 3.79. The molecule has 8 rings (SSSR count). The summed E-state index contributed by atoms with van der Waals surface area (Å²) in [6.45, 7) is 7.01. The molecule has 6 fully saturated rings. The van der Waals surface area contributed by atoms with Gasteiger partial charge in [0.2, 0.25) is 0 Å². The highest BCUT2D eigenvalue weighted by Crippen LogP contribution is 2.95. The van der Waals surface area contributed by atoms with Crippen molar-refractivity contribution in [1.82, 2.24) is 19.7 Å². The minimum Gasteiger partial charge on any atom is -0.383 e. The molecule has 4 heterocycles. The number of nitrogens with zero attached hydrogens (tertiary/aromatic N) is 4. The van der Waals surface area contributed by atoms with Crippen LogP contribution in [0, 0.1) is 17.8 Å². The molecule has 6 nitrogen and oxygen atoms in total. The van der Waals surface area contributed by atoms with Gasteiger partial charge >= 0.3 is 6.18 Å². The Bertz CT molecular complexity index is 1140. The number of ether oxygens (including phenoxy) is 1. The van der Waals surface area contributed by atoms with E-state index in [-0.39, 0.29) is 11.5 Å². The van der Waals surface area contributed by atoms with Crippen LogP contribution in [0.15, 0.2) is 18.3 Å². The van der Waals surface area contributed by atoms with E-state index in [1.165, 1.54) is 24.7 Å². The van der Waals surface area contributed by atoms with Crippen LogP contribution in [0.5, 0.6) is 0 Å². The number of aromatic nitrogens is 3. The Balaban J connectivity index is 1.26. The zero-order valence-electron chi connectivity index (χ0n) is 18.1. The number of likely N-dealkylation sites (tertiary alicyclic amines) is 1. The minimum atomic E-state index is -4.54. The first-order valence-corrected chi connectivity index (χ1v) is 11.5. The second-order valence-corrected chi connectivity index (χ2v) is 10.6. The van der Waals surface area contributed by atoms with E-state index in [9.17, 15) is 13.2 Å². The fraction of sp³-hybridized carbons (Fsp3) is 0.652. The molecule has 2 saturated heterocycles. The number of rotatable bonds is 4. The van der Waals surface area contributed by atoms with Crippen molar-refractivity contribution in [3.8, 4) is 11.3 Å². The number of anilines is 1. The summed E-state index contributed by atoms with van der Waals surface area (Å²) >= 11 is 0. The molecule has 9 heteroatoms. The van der Waals surface area contributed by atoms with E-state index in [1.54, 1.807) is 0 Å². The highest BCUT2D eigenvalue weighted by Gasteiger charge is 2.98. The molecule has 4 saturated carbocycles. The van der Waals surface area contributed by atoms with Gasteiger partial charge in [-0.2, -0.15) is 18.3 Å². The summed E-state index contributed by atoms with van der Waals surface area (Å²) in [7, 11) is 0. The summed E-state index contributed by atoms with van der Waals surface area (Å²) in [5, 5.41) is 4.77. The Kier molecular flexibility index (Phi) is 3.43. The van der Waals surface area contributed by atoms with Gasteiger partial charge in [-0.3, -0.25) is 9.58 Å². The third-order valence-corrected chi connectivity index (χ3v) is 9.01. The maximum Gasteiger partial charge on any atom is 0.419 e. The molecule has 0 radical (unpaired) electrons. The van der Waals surface area contributed by atoms with Gasteiger partial charge < -0.3 is 10.5 Å². The van der Waals surface area contributed by atoms with Crippen LogP contribution in [0.25, 0.3) is 11.3 Å². The van der Waals surface area contributed by atoms with Crippen LogP contribution in [-0.4, -0.2) is 51.0 Å². The molecule has 6 aliphatic rings. The average Bonchev–Trinajstić information content (AvgIpc) is 3.27. The molecule has 1 unspecified atom stereocenters. The highest BCUT2D eigenvalue weighted by molar-refractivity contribution is 5.66. The fourth-order valence-corrected chi connectivity index (χ4v) is 7.52. The second kappa shape index (κ2) is 5.67. The highest BCUT2D eigenvalue weighted by atomic mass is 19.4. The summed E-state index contributed by atoms with van der Waals surface area (Å²) in [4.78, 5) is 6.51. The predicted octanol–water partition coefficient (Wildman–Crippen LogP) is 3.49. The van der Waals surface area contributed by atoms with Crippen molar-refractivity contribution in [3.05, 3.63) is 29.6 Å². The second-order valence-electron chi connectivity index (χ2n) is 10.6. The molecule has 2 aliphatic heterocycles. The fourth-order valence-electron chi connectivity index (χ4n) is 7.52. The Morgan fingerprint density at radius 1 is 1.25 bits per heavy atom. The number of hydrogen-bond acceptors (Lipinski definition) is 5. The first-order chi connectivity index (χ1) is 15.2. The van der Waals surface area contributed by atoms with Gasteiger partial charge in [0, 0.05) is 41.0 Å². The number of hydrogen-bond donors (Lipinski definition) is 1. The van der Waals surface area contributed by atoms with E-state index in [0.29, 0.717) is 40.6 Å². The predicted molar refractivity (Wildman–Crippen MR) is 111 cm³/mol. The van der Waals surface area contributed by atoms with Crippen molar-refractivity contribution < 1.29 is 17.9 Å². The molecule has 2 bridgehead atoms. The maximum atomic E-state index is 13.4. The molecule has 0 amide bonds. The quantitative estimate of drug-likeness (QED) is 0.780. The van der Waals surface area contributed by atoms with Crippen LogP contribution >= 0.6 is 0 Å². The van der Waals surface area contributed by atoms with Gasteiger partial charge in [0.25, 0.3) is 0 Å². The topological polar surface area (TPSA) is 69.2 Å². The molecule has 2 aromatic rings. The molecule has 1 spiro atoms. The monoisotopic (exact) mass is 445 g/mol. The van der Waals surface area contributed by atoms with Gasteiger partial charge in [-0.1, -0.05) is 0 Å². The van der Waals surface area contributed by atoms with Crippen molar-refractivity contribution in [1.29, 1.82) is 0 Å². The van der Waals surface area contributed by atoms with E-state index in [1.807, 2.05) is 10.7 Å². The normalized spacial score (nSPS) is 37.5. The van der Waals surface area contributed by atoms with Gasteiger partial charge in [-0.05, 0) is 56.6 Å². The van der Waals surface area contributed by atoms with Gasteiger partial charge in [0.1, 0.15) is 5.82 Å². The van der Waals surface area contributed by atoms with E-state index in [0.717, 1.165) is 25.8 Å². The lowest BCUT2D eigenvalue weighted by Gasteiger charge is -2.57. The van der Waals surface area contributed by atoms with E-state index in [4.69, 9.17) is 15.6 Å². The molecule has 170 valence electrons. The van der Waals surface area contributed by atoms with Crippen LogP contribution in [0.2, 0.25) is 0 Å². The standard InChI is InChI=1S/C23H26F3N5O/c1-11(2)31-17(6-16(29-31)12-5-14(23(24,25)26)20(27)28-8-12)22-15-7-21(19(22)18(15)22)3-4-30(21)13-9-32-10-13/h5-6,8,11,13,15,18-19H,3-4,7,9-10H2,1-2H3,(H2,27,28)/t15-,18-,19?,21+,22-/m1/s1. The largest absolute Gasteiger partial charge is 0.419 e. The van der Waals surface area contributed by atoms with Crippen molar-refractivity contribution in [3.63, 3.8) is 0 Å². The Morgan fingerprint density at radius 2 is 2.03 bits per heavy atom. The molecule has 2 aromatic heterocycles. The third-order valence-electron chi connectivity index (χ3n) is 9.01. The Hall–Kier alpha value is -2.13. The zero-order valence-corrected chi connectivity index (χ0v) is 18.1. The lowest BCUT2D eigenvalue weighted by molar-refractivity contribution is -0.150. The molecule has 5 atom stereocenters.